The second-order valence-corrected chi connectivity index (χ2v) is 8.24. The molecule has 0 saturated heterocycles. The molecule has 0 aliphatic rings. The van der Waals surface area contributed by atoms with E-state index in [9.17, 15) is 8.78 Å². The SMILES string of the molecule is COc1cccc(OC)c1-c1ccccc1F.COc1cccc(OC)c1B(O)O.Fc1ccccc1Br. The second-order valence-electron chi connectivity index (χ2n) is 7.38. The lowest BCUT2D eigenvalue weighted by Crippen LogP contribution is -2.32. The predicted molar refractivity (Wildman–Crippen MR) is 148 cm³/mol. The molecular weight excluding hydrogens is 561 g/mol. The van der Waals surface area contributed by atoms with Gasteiger partial charge in [0.05, 0.1) is 43.9 Å². The fourth-order valence-electron chi connectivity index (χ4n) is 3.35. The molecule has 0 spiro atoms. The predicted octanol–water partition coefficient (Wildman–Crippen LogP) is 5.48. The van der Waals surface area contributed by atoms with Gasteiger partial charge in [0.25, 0.3) is 0 Å². The van der Waals surface area contributed by atoms with Crippen molar-refractivity contribution in [2.24, 2.45) is 0 Å². The summed E-state index contributed by atoms with van der Waals surface area (Å²) in [6, 6.07) is 23.4. The van der Waals surface area contributed by atoms with Crippen LogP contribution in [0.5, 0.6) is 23.0 Å². The molecule has 4 rings (SSSR count). The Kier molecular flexibility index (Phi) is 12.6. The summed E-state index contributed by atoms with van der Waals surface area (Å²) in [5.41, 5.74) is 1.35. The Morgan fingerprint density at radius 1 is 0.579 bits per heavy atom. The first-order valence-electron chi connectivity index (χ1n) is 11.2. The number of methoxy groups -OCH3 is 4. The van der Waals surface area contributed by atoms with Crippen LogP contribution in [0.1, 0.15) is 0 Å². The van der Waals surface area contributed by atoms with Crippen LogP contribution in [-0.2, 0) is 0 Å². The molecule has 6 nitrogen and oxygen atoms in total. The summed E-state index contributed by atoms with van der Waals surface area (Å²) in [5, 5.41) is 18.1. The maximum atomic E-state index is 13.8. The Labute approximate surface area is 229 Å². The molecule has 0 fully saturated rings. The van der Waals surface area contributed by atoms with Crippen LogP contribution in [0.4, 0.5) is 8.78 Å². The molecule has 38 heavy (non-hydrogen) atoms. The third-order valence-corrected chi connectivity index (χ3v) is 5.76. The first-order chi connectivity index (χ1) is 18.3. The third kappa shape index (κ3) is 8.21. The van der Waals surface area contributed by atoms with E-state index in [0.29, 0.717) is 38.6 Å². The zero-order chi connectivity index (χ0) is 28.1. The van der Waals surface area contributed by atoms with Crippen LogP contribution in [0.15, 0.2) is 89.4 Å². The molecule has 4 aromatic rings. The Morgan fingerprint density at radius 3 is 1.37 bits per heavy atom. The summed E-state index contributed by atoms with van der Waals surface area (Å²) < 4.78 is 47.0. The van der Waals surface area contributed by atoms with Crippen LogP contribution in [-0.4, -0.2) is 45.6 Å². The van der Waals surface area contributed by atoms with Gasteiger partial charge >= 0.3 is 7.12 Å². The molecule has 0 aliphatic heterocycles. The van der Waals surface area contributed by atoms with Gasteiger partial charge in [-0.25, -0.2) is 8.78 Å². The smallest absolute Gasteiger partial charge is 0.496 e. The minimum absolute atomic E-state index is 0.215. The summed E-state index contributed by atoms with van der Waals surface area (Å²) in [5.74, 6) is 1.47. The van der Waals surface area contributed by atoms with Crippen molar-refractivity contribution in [1.82, 2.24) is 0 Å². The lowest BCUT2D eigenvalue weighted by Gasteiger charge is -2.13. The van der Waals surface area contributed by atoms with Crippen molar-refractivity contribution in [3.05, 3.63) is 101 Å². The largest absolute Gasteiger partial charge is 0.497 e. The highest BCUT2D eigenvalue weighted by Crippen LogP contribution is 2.39. The van der Waals surface area contributed by atoms with Crippen molar-refractivity contribution >= 4 is 28.5 Å². The molecule has 2 N–H and O–H groups in total. The average Bonchev–Trinajstić information content (AvgIpc) is 2.94. The molecule has 10 heteroatoms. The van der Waals surface area contributed by atoms with E-state index in [4.69, 9.17) is 29.0 Å². The Morgan fingerprint density at radius 2 is 1.00 bits per heavy atom. The van der Waals surface area contributed by atoms with Crippen LogP contribution >= 0.6 is 15.9 Å². The molecule has 0 heterocycles. The number of ether oxygens (including phenoxy) is 4. The molecule has 0 saturated carbocycles. The molecule has 4 aromatic carbocycles. The Hall–Kier alpha value is -3.60. The fourth-order valence-corrected chi connectivity index (χ4v) is 3.64. The lowest BCUT2D eigenvalue weighted by molar-refractivity contribution is 0.385. The van der Waals surface area contributed by atoms with Gasteiger partial charge in [-0.1, -0.05) is 42.5 Å². The fraction of sp³-hybridized carbons (Fsp3) is 0.143. The first kappa shape index (κ1) is 30.6. The van der Waals surface area contributed by atoms with Gasteiger partial charge in [0.2, 0.25) is 0 Å². The highest BCUT2D eigenvalue weighted by atomic mass is 79.9. The topological polar surface area (TPSA) is 77.4 Å². The van der Waals surface area contributed by atoms with Crippen LogP contribution in [0.2, 0.25) is 0 Å². The third-order valence-electron chi connectivity index (χ3n) is 5.12. The molecular formula is C28H28BBrF2O6. The summed E-state index contributed by atoms with van der Waals surface area (Å²) >= 11 is 3.02. The number of hydrogen-bond donors (Lipinski definition) is 2. The second kappa shape index (κ2) is 15.6. The van der Waals surface area contributed by atoms with E-state index in [1.165, 1.54) is 26.4 Å². The monoisotopic (exact) mass is 588 g/mol. The van der Waals surface area contributed by atoms with E-state index in [2.05, 4.69) is 15.9 Å². The highest BCUT2D eigenvalue weighted by molar-refractivity contribution is 9.10. The number of rotatable bonds is 6. The van der Waals surface area contributed by atoms with Crippen molar-refractivity contribution in [2.75, 3.05) is 28.4 Å². The molecule has 0 atom stereocenters. The van der Waals surface area contributed by atoms with Gasteiger partial charge in [-0.3, -0.25) is 0 Å². The van der Waals surface area contributed by atoms with Gasteiger partial charge in [0.1, 0.15) is 34.6 Å². The van der Waals surface area contributed by atoms with Crippen molar-refractivity contribution in [3.8, 4) is 34.1 Å². The lowest BCUT2D eigenvalue weighted by atomic mass is 9.78. The van der Waals surface area contributed by atoms with Gasteiger partial charge in [-0.15, -0.1) is 0 Å². The minimum atomic E-state index is -1.59. The number of halogens is 3. The van der Waals surface area contributed by atoms with Crippen LogP contribution in [0.3, 0.4) is 0 Å². The number of benzene rings is 4. The van der Waals surface area contributed by atoms with Gasteiger partial charge in [0, 0.05) is 5.56 Å². The molecule has 0 aromatic heterocycles. The van der Waals surface area contributed by atoms with E-state index in [-0.39, 0.29) is 17.1 Å². The average molecular weight is 589 g/mol. The van der Waals surface area contributed by atoms with E-state index < -0.39 is 7.12 Å². The van der Waals surface area contributed by atoms with Crippen LogP contribution in [0.25, 0.3) is 11.1 Å². The Bertz CT molecular complexity index is 1240. The molecule has 0 amide bonds. The maximum absolute atomic E-state index is 13.8. The summed E-state index contributed by atoms with van der Waals surface area (Å²) in [6.45, 7) is 0. The van der Waals surface area contributed by atoms with Crippen molar-refractivity contribution < 1.29 is 37.8 Å². The summed E-state index contributed by atoms with van der Waals surface area (Å²) in [4.78, 5) is 0. The van der Waals surface area contributed by atoms with E-state index in [1.807, 2.05) is 6.07 Å². The zero-order valence-corrected chi connectivity index (χ0v) is 22.9. The van der Waals surface area contributed by atoms with Gasteiger partial charge in [0.15, 0.2) is 0 Å². The highest BCUT2D eigenvalue weighted by Gasteiger charge is 2.21. The molecule has 0 unspecified atom stereocenters. The standard InChI is InChI=1S/C14H13FO2.C8H11BO4.C6H4BrF/c1-16-12-8-5-9-13(17-2)14(12)10-6-3-4-7-11(10)15;1-12-6-4-3-5-7(13-2)8(6)9(10)11;7-5-3-1-2-4-6(5)8/h3-9H,1-2H3;3-5,10-11H,1-2H3;1-4H. The first-order valence-corrected chi connectivity index (χ1v) is 12.0. The van der Waals surface area contributed by atoms with Crippen LogP contribution < -0.4 is 24.4 Å². The molecule has 0 radical (unpaired) electrons. The summed E-state index contributed by atoms with van der Waals surface area (Å²) in [7, 11) is 4.44. The molecule has 0 aliphatic carbocycles. The van der Waals surface area contributed by atoms with Gasteiger partial charge < -0.3 is 29.0 Å². The quantitative estimate of drug-likeness (QED) is 0.290. The maximum Gasteiger partial charge on any atom is 0.496 e. The summed E-state index contributed by atoms with van der Waals surface area (Å²) in [6.07, 6.45) is 0. The van der Waals surface area contributed by atoms with Crippen molar-refractivity contribution in [2.45, 2.75) is 0 Å². The van der Waals surface area contributed by atoms with Gasteiger partial charge in [-0.05, 0) is 58.4 Å². The van der Waals surface area contributed by atoms with E-state index in [0.717, 1.165) is 0 Å². The van der Waals surface area contributed by atoms with Crippen LogP contribution in [0, 0.1) is 11.6 Å². The zero-order valence-electron chi connectivity index (χ0n) is 21.3. The Balaban J connectivity index is 0.000000214. The van der Waals surface area contributed by atoms with Crippen molar-refractivity contribution in [1.29, 1.82) is 0 Å². The number of hydrogen-bond acceptors (Lipinski definition) is 6. The molecule has 0 bridgehead atoms. The van der Waals surface area contributed by atoms with Gasteiger partial charge in [-0.2, -0.15) is 0 Å². The normalized spacial score (nSPS) is 9.71. The van der Waals surface area contributed by atoms with E-state index in [1.54, 1.807) is 80.9 Å². The van der Waals surface area contributed by atoms with E-state index >= 15 is 0 Å². The minimum Gasteiger partial charge on any atom is -0.497 e. The van der Waals surface area contributed by atoms with Crippen molar-refractivity contribution in [3.63, 3.8) is 0 Å². The molecule has 200 valence electrons.